The zero-order valence-electron chi connectivity index (χ0n) is 11.4. The van der Waals surface area contributed by atoms with Gasteiger partial charge in [0, 0.05) is 18.3 Å². The maximum atomic E-state index is 11.8. The smallest absolute Gasteiger partial charge is 0.266 e. The molecule has 0 fully saturated rings. The van der Waals surface area contributed by atoms with E-state index in [4.69, 9.17) is 0 Å². The van der Waals surface area contributed by atoms with Gasteiger partial charge in [-0.2, -0.15) is 5.10 Å². The quantitative estimate of drug-likeness (QED) is 0.669. The van der Waals surface area contributed by atoms with Gasteiger partial charge in [0.15, 0.2) is 0 Å². The first-order valence-electron chi connectivity index (χ1n) is 6.60. The molecule has 0 saturated carbocycles. The van der Waals surface area contributed by atoms with Crippen molar-refractivity contribution in [2.75, 3.05) is 0 Å². The molecule has 0 spiro atoms. The lowest BCUT2D eigenvalue weighted by atomic mass is 9.98. The zero-order valence-corrected chi connectivity index (χ0v) is 11.4. The number of amides is 1. The number of hydrazone groups is 1. The van der Waals surface area contributed by atoms with E-state index in [2.05, 4.69) is 34.6 Å². The van der Waals surface area contributed by atoms with Crippen molar-refractivity contribution in [2.24, 2.45) is 5.10 Å². The van der Waals surface area contributed by atoms with E-state index in [0.29, 0.717) is 5.69 Å². The molecule has 1 amide bonds. The van der Waals surface area contributed by atoms with Gasteiger partial charge in [-0.05, 0) is 24.1 Å². The maximum absolute atomic E-state index is 11.8. The van der Waals surface area contributed by atoms with E-state index in [9.17, 15) is 4.79 Å². The summed E-state index contributed by atoms with van der Waals surface area (Å²) in [7, 11) is 0. The topological polar surface area (TPSA) is 54.4 Å². The Morgan fingerprint density at radius 2 is 2.00 bits per heavy atom. The van der Waals surface area contributed by atoms with Crippen LogP contribution in [0.2, 0.25) is 0 Å². The highest BCUT2D eigenvalue weighted by Crippen LogP contribution is 2.16. The molecular weight excluding hydrogens is 250 g/mol. The first kappa shape index (κ1) is 13.9. The van der Waals surface area contributed by atoms with Crippen LogP contribution < -0.4 is 5.43 Å². The normalized spacial score (nSPS) is 12.2. The van der Waals surface area contributed by atoms with Crippen LogP contribution >= 0.6 is 0 Å². The number of hydrogen-bond donors (Lipinski definition) is 1. The van der Waals surface area contributed by atoms with Crippen molar-refractivity contribution in [3.8, 4) is 0 Å². The molecule has 2 rings (SSSR count). The second kappa shape index (κ2) is 7.19. The van der Waals surface area contributed by atoms with Crippen molar-refractivity contribution in [2.45, 2.75) is 19.3 Å². The van der Waals surface area contributed by atoms with Crippen LogP contribution in [-0.4, -0.2) is 17.1 Å². The Bertz CT molecular complexity index is 567. The van der Waals surface area contributed by atoms with Gasteiger partial charge in [0.1, 0.15) is 5.69 Å². The molecule has 0 unspecified atom stereocenters. The number of aromatic nitrogens is 1. The van der Waals surface area contributed by atoms with Crippen LogP contribution in [0.3, 0.4) is 0 Å². The van der Waals surface area contributed by atoms with Crippen molar-refractivity contribution >= 4 is 12.1 Å². The number of carbonyl (C=O) groups excluding carboxylic acids is 1. The largest absolute Gasteiger partial charge is 0.289 e. The third kappa shape index (κ3) is 3.75. The molecule has 1 N–H and O–H groups in total. The minimum atomic E-state index is -0.301. The van der Waals surface area contributed by atoms with Gasteiger partial charge in [-0.15, -0.1) is 0 Å². The monoisotopic (exact) mass is 267 g/mol. The average molecular weight is 267 g/mol. The second-order valence-electron chi connectivity index (χ2n) is 4.36. The minimum Gasteiger partial charge on any atom is -0.266 e. The molecule has 1 atom stereocenters. The van der Waals surface area contributed by atoms with Gasteiger partial charge in [0.05, 0.1) is 0 Å². The van der Waals surface area contributed by atoms with Crippen LogP contribution in [0.4, 0.5) is 0 Å². The van der Waals surface area contributed by atoms with Gasteiger partial charge in [-0.1, -0.05) is 43.3 Å². The average Bonchev–Trinajstić information content (AvgIpc) is 2.53. The van der Waals surface area contributed by atoms with Crippen molar-refractivity contribution in [1.82, 2.24) is 10.4 Å². The van der Waals surface area contributed by atoms with Crippen LogP contribution in [0.15, 0.2) is 59.8 Å². The third-order valence-corrected chi connectivity index (χ3v) is 2.99. The molecule has 102 valence electrons. The van der Waals surface area contributed by atoms with E-state index in [1.807, 2.05) is 18.2 Å². The standard InChI is InChI=1S/C16H17N3O/c1-2-13(14-8-4-3-5-9-14)12-18-19-16(20)15-10-6-7-11-17-15/h3-13H,2H2,1H3,(H,19,20)/b18-12-/t13-/m0/s1. The van der Waals surface area contributed by atoms with Gasteiger partial charge in [-0.25, -0.2) is 5.43 Å². The number of hydrogen-bond acceptors (Lipinski definition) is 3. The Morgan fingerprint density at radius 1 is 1.25 bits per heavy atom. The Morgan fingerprint density at radius 3 is 2.65 bits per heavy atom. The molecule has 0 saturated heterocycles. The lowest BCUT2D eigenvalue weighted by Gasteiger charge is -2.09. The third-order valence-electron chi connectivity index (χ3n) is 2.99. The number of nitrogens with zero attached hydrogens (tertiary/aromatic N) is 2. The molecule has 0 aliphatic rings. The Hall–Kier alpha value is -2.49. The van der Waals surface area contributed by atoms with Gasteiger partial charge in [0.2, 0.25) is 0 Å². The van der Waals surface area contributed by atoms with E-state index < -0.39 is 0 Å². The van der Waals surface area contributed by atoms with Gasteiger partial charge < -0.3 is 0 Å². The highest BCUT2D eigenvalue weighted by Gasteiger charge is 2.07. The highest BCUT2D eigenvalue weighted by molar-refractivity contribution is 5.92. The fourth-order valence-corrected chi connectivity index (χ4v) is 1.87. The number of benzene rings is 1. The predicted octanol–water partition coefficient (Wildman–Crippen LogP) is 2.99. The van der Waals surface area contributed by atoms with Crippen LogP contribution in [0.1, 0.15) is 35.3 Å². The summed E-state index contributed by atoms with van der Waals surface area (Å²) in [4.78, 5) is 15.7. The molecule has 2 aromatic rings. The first-order valence-corrected chi connectivity index (χ1v) is 6.60. The van der Waals surface area contributed by atoms with E-state index in [1.165, 1.54) is 5.56 Å². The van der Waals surface area contributed by atoms with Gasteiger partial charge >= 0.3 is 0 Å². The Kier molecular flexibility index (Phi) is 5.00. The molecule has 1 heterocycles. The molecule has 20 heavy (non-hydrogen) atoms. The summed E-state index contributed by atoms with van der Waals surface area (Å²) >= 11 is 0. The minimum absolute atomic E-state index is 0.195. The van der Waals surface area contributed by atoms with Crippen molar-refractivity contribution < 1.29 is 4.79 Å². The molecule has 0 radical (unpaired) electrons. The molecular formula is C16H17N3O. The summed E-state index contributed by atoms with van der Waals surface area (Å²) < 4.78 is 0. The molecule has 1 aromatic carbocycles. The van der Waals surface area contributed by atoms with E-state index in [-0.39, 0.29) is 11.8 Å². The van der Waals surface area contributed by atoms with Crippen LogP contribution in [-0.2, 0) is 0 Å². The predicted molar refractivity (Wildman–Crippen MR) is 79.7 cm³/mol. The summed E-state index contributed by atoms with van der Waals surface area (Å²) in [5.74, 6) is -0.106. The van der Waals surface area contributed by atoms with Crippen molar-refractivity contribution in [3.63, 3.8) is 0 Å². The molecule has 0 aliphatic heterocycles. The second-order valence-corrected chi connectivity index (χ2v) is 4.36. The number of carbonyl (C=O) groups is 1. The lowest BCUT2D eigenvalue weighted by molar-refractivity contribution is 0.0950. The first-order chi connectivity index (χ1) is 9.81. The highest BCUT2D eigenvalue weighted by atomic mass is 16.2. The Balaban J connectivity index is 1.97. The van der Waals surface area contributed by atoms with Crippen LogP contribution in [0, 0.1) is 0 Å². The van der Waals surface area contributed by atoms with E-state index >= 15 is 0 Å². The van der Waals surface area contributed by atoms with Gasteiger partial charge in [-0.3, -0.25) is 9.78 Å². The summed E-state index contributed by atoms with van der Waals surface area (Å²) in [6.45, 7) is 2.09. The van der Waals surface area contributed by atoms with Gasteiger partial charge in [0.25, 0.3) is 5.91 Å². The molecule has 0 aliphatic carbocycles. The number of rotatable bonds is 5. The summed E-state index contributed by atoms with van der Waals surface area (Å²) in [6, 6.07) is 15.3. The summed E-state index contributed by atoms with van der Waals surface area (Å²) in [5.41, 5.74) is 4.05. The molecule has 1 aromatic heterocycles. The molecule has 0 bridgehead atoms. The Labute approximate surface area is 118 Å². The van der Waals surface area contributed by atoms with E-state index in [0.717, 1.165) is 6.42 Å². The maximum Gasteiger partial charge on any atom is 0.289 e. The molecule has 4 nitrogen and oxygen atoms in total. The van der Waals surface area contributed by atoms with Crippen LogP contribution in [0.5, 0.6) is 0 Å². The van der Waals surface area contributed by atoms with Crippen molar-refractivity contribution in [1.29, 1.82) is 0 Å². The summed E-state index contributed by atoms with van der Waals surface area (Å²) in [5, 5.41) is 4.03. The number of nitrogens with one attached hydrogen (secondary N) is 1. The van der Waals surface area contributed by atoms with Crippen molar-refractivity contribution in [3.05, 3.63) is 66.0 Å². The lowest BCUT2D eigenvalue weighted by Crippen LogP contribution is -2.19. The summed E-state index contributed by atoms with van der Waals surface area (Å²) in [6.07, 6.45) is 4.26. The van der Waals surface area contributed by atoms with Crippen LogP contribution in [0.25, 0.3) is 0 Å². The zero-order chi connectivity index (χ0) is 14.2. The fraction of sp³-hybridized carbons (Fsp3) is 0.188. The fourth-order valence-electron chi connectivity index (χ4n) is 1.87. The van der Waals surface area contributed by atoms with E-state index in [1.54, 1.807) is 30.6 Å². The molecule has 4 heteroatoms. The SMILES string of the molecule is CC[C@@H](/C=N\NC(=O)c1ccccn1)c1ccccc1. The number of pyridine rings is 1.